The zero-order valence-electron chi connectivity index (χ0n) is 20.6. The predicted octanol–water partition coefficient (Wildman–Crippen LogP) is 6.72. The van der Waals surface area contributed by atoms with Gasteiger partial charge in [0.1, 0.15) is 5.58 Å². The molecule has 0 radical (unpaired) electrons. The number of carbonyl (C=O) groups excluding carboxylic acids is 1. The molecule has 0 bridgehead atoms. The van der Waals surface area contributed by atoms with E-state index in [9.17, 15) is 9.59 Å². The van der Waals surface area contributed by atoms with E-state index in [1.165, 1.54) is 0 Å². The van der Waals surface area contributed by atoms with Gasteiger partial charge in [0.05, 0.1) is 30.2 Å². The molecule has 1 aliphatic rings. The lowest BCUT2D eigenvalue weighted by Gasteiger charge is -2.26. The summed E-state index contributed by atoms with van der Waals surface area (Å²) in [5.41, 5.74) is 3.89. The summed E-state index contributed by atoms with van der Waals surface area (Å²) in [6.45, 7) is 8.66. The summed E-state index contributed by atoms with van der Waals surface area (Å²) in [6.07, 6.45) is 0. The quantitative estimate of drug-likeness (QED) is 0.268. The summed E-state index contributed by atoms with van der Waals surface area (Å²) < 4.78 is 18.6. The molecule has 0 spiro atoms. The molecule has 2 heterocycles. The average Bonchev–Trinajstić information content (AvgIpc) is 3.15. The Balaban J connectivity index is 1.78. The summed E-state index contributed by atoms with van der Waals surface area (Å²) in [7, 11) is 0. The Labute approximate surface area is 217 Å². The minimum atomic E-state index is -0.689. The fourth-order valence-corrected chi connectivity index (χ4v) is 4.91. The number of anilines is 1. The van der Waals surface area contributed by atoms with Crippen molar-refractivity contribution >= 4 is 38.5 Å². The monoisotopic (exact) mass is 547 g/mol. The highest BCUT2D eigenvalue weighted by atomic mass is 79.9. The third-order valence-corrected chi connectivity index (χ3v) is 7.00. The molecular formula is C29H26BrNO5. The SMILES string of the molecule is CCOc1ccc(C2c3c(oc4cc(C)c(C)cc4c3=O)C(=O)N2c2ccc(Br)cc2)cc1OCC. The summed E-state index contributed by atoms with van der Waals surface area (Å²) in [5.74, 6) is 0.876. The Morgan fingerprint density at radius 2 is 1.56 bits per heavy atom. The minimum Gasteiger partial charge on any atom is -0.490 e. The third-order valence-electron chi connectivity index (χ3n) is 6.47. The van der Waals surface area contributed by atoms with Crippen LogP contribution in [0, 0.1) is 13.8 Å². The maximum absolute atomic E-state index is 13.9. The molecule has 1 unspecified atom stereocenters. The molecular weight excluding hydrogens is 522 g/mol. The highest BCUT2D eigenvalue weighted by Crippen LogP contribution is 2.43. The number of benzene rings is 3. The second kappa shape index (κ2) is 9.47. The van der Waals surface area contributed by atoms with Crippen molar-refractivity contribution in [2.75, 3.05) is 18.1 Å². The van der Waals surface area contributed by atoms with Gasteiger partial charge in [-0.15, -0.1) is 0 Å². The van der Waals surface area contributed by atoms with Crippen molar-refractivity contribution in [2.24, 2.45) is 0 Å². The summed E-state index contributed by atoms with van der Waals surface area (Å²) in [6, 6.07) is 15.9. The highest BCUT2D eigenvalue weighted by molar-refractivity contribution is 9.10. The lowest BCUT2D eigenvalue weighted by Crippen LogP contribution is -2.29. The first kappa shape index (κ1) is 24.1. The molecule has 0 N–H and O–H groups in total. The standard InChI is InChI=1S/C29H26BrNO5/c1-5-34-22-12-7-18(15-24(22)35-6-2)26-25-27(32)21-13-16(3)17(4)14-23(21)36-28(25)29(33)31(26)20-10-8-19(30)9-11-20/h7-15,26H,5-6H2,1-4H3. The van der Waals surface area contributed by atoms with Crippen LogP contribution in [0.4, 0.5) is 5.69 Å². The molecule has 0 saturated heterocycles. The average molecular weight is 548 g/mol. The van der Waals surface area contributed by atoms with Gasteiger partial charge in [0.15, 0.2) is 16.9 Å². The van der Waals surface area contributed by atoms with E-state index in [-0.39, 0.29) is 17.1 Å². The maximum Gasteiger partial charge on any atom is 0.295 e. The summed E-state index contributed by atoms with van der Waals surface area (Å²) >= 11 is 3.46. The largest absolute Gasteiger partial charge is 0.490 e. The Morgan fingerprint density at radius 1 is 0.889 bits per heavy atom. The van der Waals surface area contributed by atoms with Gasteiger partial charge in [0, 0.05) is 10.2 Å². The zero-order chi connectivity index (χ0) is 25.6. The smallest absolute Gasteiger partial charge is 0.295 e. The minimum absolute atomic E-state index is 0.0653. The van der Waals surface area contributed by atoms with Crippen molar-refractivity contribution in [1.82, 2.24) is 0 Å². The van der Waals surface area contributed by atoms with Gasteiger partial charge in [-0.3, -0.25) is 14.5 Å². The number of carbonyl (C=O) groups is 1. The van der Waals surface area contributed by atoms with Gasteiger partial charge in [-0.1, -0.05) is 22.0 Å². The number of ether oxygens (including phenoxy) is 2. The topological polar surface area (TPSA) is 69.0 Å². The van der Waals surface area contributed by atoms with E-state index in [1.807, 2.05) is 82.3 Å². The first-order valence-electron chi connectivity index (χ1n) is 11.9. The van der Waals surface area contributed by atoms with E-state index in [0.29, 0.717) is 46.9 Å². The second-order valence-electron chi connectivity index (χ2n) is 8.73. The van der Waals surface area contributed by atoms with Gasteiger partial charge in [-0.2, -0.15) is 0 Å². The van der Waals surface area contributed by atoms with Crippen molar-refractivity contribution in [3.05, 3.63) is 97.3 Å². The number of fused-ring (bicyclic) bond motifs is 2. The molecule has 1 aliphatic heterocycles. The molecule has 6 nitrogen and oxygen atoms in total. The van der Waals surface area contributed by atoms with Crippen LogP contribution in [0.1, 0.15) is 52.7 Å². The second-order valence-corrected chi connectivity index (χ2v) is 9.65. The van der Waals surface area contributed by atoms with Crippen LogP contribution in [0.25, 0.3) is 11.0 Å². The Bertz CT molecular complexity index is 1540. The Kier molecular flexibility index (Phi) is 6.35. The molecule has 0 fully saturated rings. The summed E-state index contributed by atoms with van der Waals surface area (Å²) in [4.78, 5) is 29.4. The molecule has 0 aliphatic carbocycles. The van der Waals surface area contributed by atoms with Gasteiger partial charge in [0.25, 0.3) is 5.91 Å². The highest BCUT2D eigenvalue weighted by Gasteiger charge is 2.44. The summed E-state index contributed by atoms with van der Waals surface area (Å²) in [5, 5.41) is 0.461. The van der Waals surface area contributed by atoms with Crippen LogP contribution in [-0.4, -0.2) is 19.1 Å². The van der Waals surface area contributed by atoms with Crippen molar-refractivity contribution in [2.45, 2.75) is 33.7 Å². The van der Waals surface area contributed by atoms with Crippen LogP contribution >= 0.6 is 15.9 Å². The molecule has 0 saturated carbocycles. The lowest BCUT2D eigenvalue weighted by molar-refractivity contribution is 0.0971. The maximum atomic E-state index is 13.9. The van der Waals surface area contributed by atoms with Crippen LogP contribution in [0.15, 0.2) is 68.3 Å². The fourth-order valence-electron chi connectivity index (χ4n) is 4.65. The number of rotatable bonds is 6. The zero-order valence-corrected chi connectivity index (χ0v) is 22.1. The third kappa shape index (κ3) is 3.97. The Morgan fingerprint density at radius 3 is 2.25 bits per heavy atom. The first-order valence-corrected chi connectivity index (χ1v) is 12.7. The molecule has 1 atom stereocenters. The van der Waals surface area contributed by atoms with E-state index in [2.05, 4.69) is 15.9 Å². The molecule has 4 aromatic rings. The van der Waals surface area contributed by atoms with E-state index in [1.54, 1.807) is 4.90 Å². The number of amides is 1. The number of hydrogen-bond donors (Lipinski definition) is 0. The molecule has 184 valence electrons. The van der Waals surface area contributed by atoms with Crippen molar-refractivity contribution in [3.63, 3.8) is 0 Å². The van der Waals surface area contributed by atoms with E-state index >= 15 is 0 Å². The van der Waals surface area contributed by atoms with Crippen LogP contribution in [0.2, 0.25) is 0 Å². The number of halogens is 1. The molecule has 36 heavy (non-hydrogen) atoms. The van der Waals surface area contributed by atoms with Crippen molar-refractivity contribution in [1.29, 1.82) is 0 Å². The number of hydrogen-bond acceptors (Lipinski definition) is 5. The molecule has 5 rings (SSSR count). The fraction of sp³-hybridized carbons (Fsp3) is 0.241. The molecule has 1 aromatic heterocycles. The van der Waals surface area contributed by atoms with Gasteiger partial charge in [0.2, 0.25) is 5.76 Å². The van der Waals surface area contributed by atoms with Crippen LogP contribution in [-0.2, 0) is 0 Å². The number of aryl methyl sites for hydroxylation is 2. The van der Waals surface area contributed by atoms with Crippen molar-refractivity contribution in [3.8, 4) is 11.5 Å². The normalized spacial score (nSPS) is 14.9. The molecule has 1 amide bonds. The van der Waals surface area contributed by atoms with Gasteiger partial charge in [-0.05, 0) is 92.9 Å². The van der Waals surface area contributed by atoms with E-state index < -0.39 is 6.04 Å². The number of nitrogens with zero attached hydrogens (tertiary/aromatic N) is 1. The van der Waals surface area contributed by atoms with Gasteiger partial charge in [-0.25, -0.2) is 0 Å². The molecule has 7 heteroatoms. The molecule has 3 aromatic carbocycles. The van der Waals surface area contributed by atoms with Crippen LogP contribution < -0.4 is 19.8 Å². The van der Waals surface area contributed by atoms with Crippen molar-refractivity contribution < 1.29 is 18.7 Å². The van der Waals surface area contributed by atoms with E-state index in [0.717, 1.165) is 21.2 Å². The van der Waals surface area contributed by atoms with Crippen LogP contribution in [0.3, 0.4) is 0 Å². The Hall–Kier alpha value is -3.58. The van der Waals surface area contributed by atoms with E-state index in [4.69, 9.17) is 13.9 Å². The van der Waals surface area contributed by atoms with Gasteiger partial charge >= 0.3 is 0 Å². The van der Waals surface area contributed by atoms with Gasteiger partial charge < -0.3 is 13.9 Å². The van der Waals surface area contributed by atoms with Crippen LogP contribution in [0.5, 0.6) is 11.5 Å². The predicted molar refractivity (Wildman–Crippen MR) is 144 cm³/mol. The first-order chi connectivity index (χ1) is 17.3. The lowest BCUT2D eigenvalue weighted by atomic mass is 9.97.